The number of fused-ring (bicyclic) bond motifs is 1. The first kappa shape index (κ1) is 25.6. The number of aromatic amines is 1. The Kier molecular flexibility index (Phi) is 8.65. The second kappa shape index (κ2) is 12.5. The van der Waals surface area contributed by atoms with Crippen LogP contribution in [0, 0.1) is 0 Å². The van der Waals surface area contributed by atoms with E-state index in [0.717, 1.165) is 27.6 Å². The Balaban J connectivity index is 1.41. The molecule has 1 aromatic heterocycles. The van der Waals surface area contributed by atoms with Crippen LogP contribution in [0.1, 0.15) is 16.7 Å². The van der Waals surface area contributed by atoms with Gasteiger partial charge in [0.15, 0.2) is 11.5 Å². The van der Waals surface area contributed by atoms with E-state index in [-0.39, 0.29) is 12.5 Å². The molecule has 0 saturated carbocycles. The molecule has 3 N–H and O–H groups in total. The van der Waals surface area contributed by atoms with Crippen LogP contribution in [-0.4, -0.2) is 43.8 Å². The second-order valence-corrected chi connectivity index (χ2v) is 8.55. The molecule has 0 bridgehead atoms. The molecule has 1 heterocycles. The van der Waals surface area contributed by atoms with Crippen molar-refractivity contribution in [1.82, 2.24) is 15.6 Å². The molecule has 4 aromatic rings. The average Bonchev–Trinajstić information content (AvgIpc) is 3.34. The van der Waals surface area contributed by atoms with Crippen molar-refractivity contribution < 1.29 is 23.8 Å². The van der Waals surface area contributed by atoms with Crippen molar-refractivity contribution in [2.24, 2.45) is 0 Å². The van der Waals surface area contributed by atoms with Crippen LogP contribution in [0.25, 0.3) is 10.9 Å². The predicted molar refractivity (Wildman–Crippen MR) is 142 cm³/mol. The van der Waals surface area contributed by atoms with Crippen LogP contribution in [-0.2, 0) is 29.0 Å². The third-order valence-corrected chi connectivity index (χ3v) is 6.08. The summed E-state index contributed by atoms with van der Waals surface area (Å²) in [5.74, 6) is 0.987. The maximum absolute atomic E-state index is 13.2. The molecule has 0 saturated heterocycles. The van der Waals surface area contributed by atoms with Crippen LogP contribution >= 0.6 is 0 Å². The van der Waals surface area contributed by atoms with Crippen LogP contribution in [0.5, 0.6) is 11.5 Å². The van der Waals surface area contributed by atoms with Crippen LogP contribution < -0.4 is 20.1 Å². The van der Waals surface area contributed by atoms with Crippen molar-refractivity contribution in [3.63, 3.8) is 0 Å². The minimum atomic E-state index is -0.812. The maximum Gasteiger partial charge on any atom is 0.408 e. The number of carbonyl (C=O) groups is 2. The summed E-state index contributed by atoms with van der Waals surface area (Å²) < 4.78 is 16.0. The number of hydrogen-bond acceptors (Lipinski definition) is 5. The number of rotatable bonds is 11. The van der Waals surface area contributed by atoms with E-state index in [4.69, 9.17) is 14.2 Å². The first-order valence-corrected chi connectivity index (χ1v) is 12.1. The minimum Gasteiger partial charge on any atom is -0.493 e. The molecule has 0 aliphatic heterocycles. The highest BCUT2D eigenvalue weighted by Gasteiger charge is 2.23. The number of methoxy groups -OCH3 is 2. The van der Waals surface area contributed by atoms with Crippen molar-refractivity contribution in [2.45, 2.75) is 25.5 Å². The van der Waals surface area contributed by atoms with Gasteiger partial charge in [0.25, 0.3) is 0 Å². The van der Waals surface area contributed by atoms with Gasteiger partial charge in [0.2, 0.25) is 5.91 Å². The van der Waals surface area contributed by atoms with Gasteiger partial charge in [-0.15, -0.1) is 0 Å². The Morgan fingerprint density at radius 3 is 2.43 bits per heavy atom. The molecule has 4 rings (SSSR count). The number of benzene rings is 3. The number of H-pyrrole nitrogens is 1. The molecule has 2 amide bonds. The normalized spacial score (nSPS) is 11.5. The molecule has 8 nitrogen and oxygen atoms in total. The van der Waals surface area contributed by atoms with E-state index in [9.17, 15) is 9.59 Å². The van der Waals surface area contributed by atoms with Crippen molar-refractivity contribution in [2.75, 3.05) is 20.8 Å². The third kappa shape index (κ3) is 6.82. The number of alkyl carbamates (subject to hydrolysis) is 1. The molecule has 0 fully saturated rings. The minimum absolute atomic E-state index is 0.118. The molecule has 0 aliphatic carbocycles. The fourth-order valence-corrected chi connectivity index (χ4v) is 4.13. The van der Waals surface area contributed by atoms with E-state index >= 15 is 0 Å². The van der Waals surface area contributed by atoms with E-state index < -0.39 is 12.1 Å². The lowest BCUT2D eigenvalue weighted by Crippen LogP contribution is -2.48. The molecule has 0 radical (unpaired) electrons. The van der Waals surface area contributed by atoms with Crippen LogP contribution in [0.4, 0.5) is 4.79 Å². The summed E-state index contributed by atoms with van der Waals surface area (Å²) in [7, 11) is 3.17. The number of para-hydroxylation sites is 1. The van der Waals surface area contributed by atoms with E-state index in [1.165, 1.54) is 0 Å². The van der Waals surface area contributed by atoms with E-state index in [1.54, 1.807) is 14.2 Å². The first-order chi connectivity index (χ1) is 18.1. The molecule has 0 unspecified atom stereocenters. The van der Waals surface area contributed by atoms with Gasteiger partial charge in [-0.2, -0.15) is 0 Å². The molecule has 0 spiro atoms. The number of amides is 2. The predicted octanol–water partition coefficient (Wildman–Crippen LogP) is 4.38. The summed E-state index contributed by atoms with van der Waals surface area (Å²) in [6.07, 6.45) is 2.12. The third-order valence-electron chi connectivity index (χ3n) is 6.08. The van der Waals surface area contributed by atoms with Gasteiger partial charge in [0.1, 0.15) is 12.6 Å². The fraction of sp³-hybridized carbons (Fsp3) is 0.241. The highest BCUT2D eigenvalue weighted by atomic mass is 16.5. The summed E-state index contributed by atoms with van der Waals surface area (Å²) in [5.41, 5.74) is 3.75. The molecular formula is C29H31N3O5. The zero-order valence-electron chi connectivity index (χ0n) is 21.0. The Bertz CT molecular complexity index is 1340. The number of ether oxygens (including phenoxy) is 3. The van der Waals surface area contributed by atoms with E-state index in [2.05, 4.69) is 15.6 Å². The topological polar surface area (TPSA) is 102 Å². The van der Waals surface area contributed by atoms with Crippen LogP contribution in [0.2, 0.25) is 0 Å². The Labute approximate surface area is 215 Å². The zero-order chi connectivity index (χ0) is 26.0. The summed E-state index contributed by atoms with van der Waals surface area (Å²) in [5, 5.41) is 6.70. The lowest BCUT2D eigenvalue weighted by Gasteiger charge is -2.18. The largest absolute Gasteiger partial charge is 0.493 e. The van der Waals surface area contributed by atoms with Gasteiger partial charge < -0.3 is 29.8 Å². The molecule has 192 valence electrons. The Morgan fingerprint density at radius 1 is 0.892 bits per heavy atom. The van der Waals surface area contributed by atoms with Gasteiger partial charge in [-0.25, -0.2) is 4.79 Å². The molecule has 0 aliphatic rings. The summed E-state index contributed by atoms with van der Waals surface area (Å²) in [6, 6.07) is 22.1. The monoisotopic (exact) mass is 501 g/mol. The summed E-state index contributed by atoms with van der Waals surface area (Å²) in [6.45, 7) is 0.507. The number of carbonyl (C=O) groups excluding carboxylic acids is 2. The number of aromatic nitrogens is 1. The highest BCUT2D eigenvalue weighted by Crippen LogP contribution is 2.27. The van der Waals surface area contributed by atoms with Gasteiger partial charge in [0.05, 0.1) is 14.2 Å². The fourth-order valence-electron chi connectivity index (χ4n) is 4.13. The van der Waals surface area contributed by atoms with Gasteiger partial charge in [-0.05, 0) is 41.3 Å². The van der Waals surface area contributed by atoms with Crippen LogP contribution in [0.15, 0.2) is 79.0 Å². The van der Waals surface area contributed by atoms with Gasteiger partial charge in [-0.3, -0.25) is 4.79 Å². The lowest BCUT2D eigenvalue weighted by atomic mass is 10.0. The van der Waals surface area contributed by atoms with Gasteiger partial charge >= 0.3 is 6.09 Å². The van der Waals surface area contributed by atoms with Crippen molar-refractivity contribution in [1.29, 1.82) is 0 Å². The smallest absolute Gasteiger partial charge is 0.408 e. The second-order valence-electron chi connectivity index (χ2n) is 8.55. The zero-order valence-corrected chi connectivity index (χ0v) is 21.0. The standard InChI is InChI=1S/C29H31N3O5/c1-35-26-13-12-20(16-27(26)36-2)14-15-30-28(33)25(17-22-18-31-24-11-7-6-10-23(22)24)32-29(34)37-19-21-8-4-3-5-9-21/h3-13,16,18,25,31H,14-15,17,19H2,1-2H3,(H,30,33)(H,32,34)/t25-/m1/s1. The van der Waals surface area contributed by atoms with Crippen molar-refractivity contribution in [3.05, 3.63) is 95.7 Å². The Hall–Kier alpha value is -4.46. The van der Waals surface area contributed by atoms with E-state index in [1.807, 2.05) is 79.0 Å². The van der Waals surface area contributed by atoms with Crippen molar-refractivity contribution >= 4 is 22.9 Å². The number of hydrogen-bond donors (Lipinski definition) is 3. The summed E-state index contributed by atoms with van der Waals surface area (Å²) in [4.78, 5) is 29.0. The first-order valence-electron chi connectivity index (χ1n) is 12.1. The molecule has 8 heteroatoms. The Morgan fingerprint density at radius 2 is 1.65 bits per heavy atom. The highest BCUT2D eigenvalue weighted by molar-refractivity contribution is 5.88. The molecule has 1 atom stereocenters. The SMILES string of the molecule is COc1ccc(CCNC(=O)[C@@H](Cc2c[nH]c3ccccc23)NC(=O)OCc2ccccc2)cc1OC. The van der Waals surface area contributed by atoms with Gasteiger partial charge in [-0.1, -0.05) is 54.6 Å². The number of nitrogens with one attached hydrogen (secondary N) is 3. The maximum atomic E-state index is 13.2. The van der Waals surface area contributed by atoms with Gasteiger partial charge in [0, 0.05) is 30.1 Å². The quantitative estimate of drug-likeness (QED) is 0.283. The van der Waals surface area contributed by atoms with Crippen molar-refractivity contribution in [3.8, 4) is 11.5 Å². The van der Waals surface area contributed by atoms with Crippen LogP contribution in [0.3, 0.4) is 0 Å². The lowest BCUT2D eigenvalue weighted by molar-refractivity contribution is -0.123. The molecular weight excluding hydrogens is 470 g/mol. The molecule has 37 heavy (non-hydrogen) atoms. The summed E-state index contributed by atoms with van der Waals surface area (Å²) >= 11 is 0. The average molecular weight is 502 g/mol. The molecule has 3 aromatic carbocycles. The van der Waals surface area contributed by atoms with E-state index in [0.29, 0.717) is 30.9 Å².